The van der Waals surface area contributed by atoms with Crippen molar-refractivity contribution < 1.29 is 4.52 Å². The molecule has 0 aliphatic carbocycles. The zero-order valence-corrected chi connectivity index (χ0v) is 9.77. The van der Waals surface area contributed by atoms with Crippen LogP contribution in [-0.2, 0) is 5.88 Å². The van der Waals surface area contributed by atoms with E-state index in [0.717, 1.165) is 0 Å². The second-order valence-electron chi connectivity index (χ2n) is 2.91. The summed E-state index contributed by atoms with van der Waals surface area (Å²) in [6.07, 6.45) is 0. The lowest BCUT2D eigenvalue weighted by molar-refractivity contribution is 0.426. The largest absolute Gasteiger partial charge is 0.356 e. The number of halogens is 3. The van der Waals surface area contributed by atoms with Crippen LogP contribution < -0.4 is 0 Å². The highest BCUT2D eigenvalue weighted by atomic mass is 35.5. The maximum absolute atomic E-state index is 6.01. The third-order valence-electron chi connectivity index (χ3n) is 1.91. The molecule has 1 aromatic carbocycles. The van der Waals surface area contributed by atoms with Gasteiger partial charge in [-0.2, -0.15) is 0 Å². The van der Waals surface area contributed by atoms with Crippen LogP contribution in [0.2, 0.25) is 10.0 Å². The highest BCUT2D eigenvalue weighted by Crippen LogP contribution is 2.34. The van der Waals surface area contributed by atoms with Gasteiger partial charge in [0.05, 0.1) is 27.2 Å². The molecule has 15 heavy (non-hydrogen) atoms. The Morgan fingerprint density at radius 2 is 1.87 bits per heavy atom. The van der Waals surface area contributed by atoms with Gasteiger partial charge in [0.1, 0.15) is 0 Å². The first kappa shape index (κ1) is 10.8. The normalized spacial score (nSPS) is 10.6. The van der Waals surface area contributed by atoms with E-state index in [0.29, 0.717) is 32.9 Å². The summed E-state index contributed by atoms with van der Waals surface area (Å²) < 4.78 is 5.10. The molecule has 2 nitrogen and oxygen atoms in total. The molecule has 1 aromatic heterocycles. The van der Waals surface area contributed by atoms with Gasteiger partial charge in [-0.1, -0.05) is 34.4 Å². The molecule has 0 spiro atoms. The van der Waals surface area contributed by atoms with Crippen LogP contribution in [0, 0.1) is 0 Å². The van der Waals surface area contributed by atoms with Crippen molar-refractivity contribution in [1.82, 2.24) is 5.16 Å². The van der Waals surface area contributed by atoms with Gasteiger partial charge < -0.3 is 4.52 Å². The molecular formula is C10H6Cl3NO. The van der Waals surface area contributed by atoms with Crippen LogP contribution in [0.4, 0.5) is 0 Å². The first-order valence-electron chi connectivity index (χ1n) is 4.18. The van der Waals surface area contributed by atoms with E-state index in [-0.39, 0.29) is 0 Å². The highest BCUT2D eigenvalue weighted by Gasteiger charge is 2.13. The minimum absolute atomic E-state index is 0.297. The van der Waals surface area contributed by atoms with E-state index >= 15 is 0 Å². The number of hydrogen-bond acceptors (Lipinski definition) is 2. The summed E-state index contributed by atoms with van der Waals surface area (Å²) in [6, 6.07) is 6.98. The van der Waals surface area contributed by atoms with E-state index in [1.165, 1.54) is 0 Å². The van der Waals surface area contributed by atoms with Crippen LogP contribution in [-0.4, -0.2) is 5.16 Å². The van der Waals surface area contributed by atoms with Crippen LogP contribution in [0.5, 0.6) is 0 Å². The number of aromatic nitrogens is 1. The lowest BCUT2D eigenvalue weighted by Gasteiger charge is -2.01. The summed E-state index contributed by atoms with van der Waals surface area (Å²) in [5.41, 5.74) is 1.30. The molecule has 0 fully saturated rings. The van der Waals surface area contributed by atoms with Gasteiger partial charge in [-0.15, -0.1) is 11.6 Å². The maximum atomic E-state index is 6.01. The van der Waals surface area contributed by atoms with Gasteiger partial charge in [-0.05, 0) is 12.1 Å². The smallest absolute Gasteiger partial charge is 0.170 e. The zero-order valence-electron chi connectivity index (χ0n) is 7.51. The Morgan fingerprint density at radius 3 is 2.40 bits per heavy atom. The molecular weight excluding hydrogens is 256 g/mol. The minimum Gasteiger partial charge on any atom is -0.356 e. The summed E-state index contributed by atoms with van der Waals surface area (Å²) in [5.74, 6) is 0.826. The van der Waals surface area contributed by atoms with Gasteiger partial charge >= 0.3 is 0 Å². The van der Waals surface area contributed by atoms with Crippen LogP contribution >= 0.6 is 34.8 Å². The van der Waals surface area contributed by atoms with E-state index in [1.54, 1.807) is 24.3 Å². The average Bonchev–Trinajstić information content (AvgIpc) is 2.66. The maximum Gasteiger partial charge on any atom is 0.170 e. The molecule has 0 atom stereocenters. The summed E-state index contributed by atoms with van der Waals surface area (Å²) in [6.45, 7) is 0. The van der Waals surface area contributed by atoms with Crippen molar-refractivity contribution in [2.75, 3.05) is 0 Å². The second-order valence-corrected chi connectivity index (χ2v) is 3.99. The van der Waals surface area contributed by atoms with Crippen molar-refractivity contribution in [3.05, 3.63) is 40.0 Å². The Bertz CT molecular complexity index is 461. The van der Waals surface area contributed by atoms with Crippen molar-refractivity contribution >= 4 is 34.8 Å². The van der Waals surface area contributed by atoms with Gasteiger partial charge in [0, 0.05) is 6.07 Å². The quantitative estimate of drug-likeness (QED) is 0.750. The van der Waals surface area contributed by atoms with Crippen molar-refractivity contribution in [3.8, 4) is 11.3 Å². The van der Waals surface area contributed by atoms with E-state index < -0.39 is 0 Å². The SMILES string of the molecule is ClCc1cc(-c2c(Cl)cccc2Cl)on1. The second kappa shape index (κ2) is 4.44. The standard InChI is InChI=1S/C10H6Cl3NO/c11-5-6-4-9(15-14-6)10-7(12)2-1-3-8(10)13/h1-4H,5H2. The van der Waals surface area contributed by atoms with Crippen LogP contribution in [0.15, 0.2) is 28.8 Å². The predicted octanol–water partition coefficient (Wildman–Crippen LogP) is 4.39. The molecule has 0 aliphatic rings. The number of hydrogen-bond donors (Lipinski definition) is 0. The lowest BCUT2D eigenvalue weighted by atomic mass is 10.1. The topological polar surface area (TPSA) is 26.0 Å². The van der Waals surface area contributed by atoms with E-state index in [2.05, 4.69) is 5.16 Å². The Labute approximate surface area is 102 Å². The molecule has 0 amide bonds. The lowest BCUT2D eigenvalue weighted by Crippen LogP contribution is -1.78. The van der Waals surface area contributed by atoms with Gasteiger partial charge in [0.2, 0.25) is 0 Å². The molecule has 0 aliphatic heterocycles. The van der Waals surface area contributed by atoms with Gasteiger partial charge in [-0.3, -0.25) is 0 Å². The molecule has 2 rings (SSSR count). The van der Waals surface area contributed by atoms with Gasteiger partial charge in [0.25, 0.3) is 0 Å². The summed E-state index contributed by atoms with van der Waals surface area (Å²) in [7, 11) is 0. The summed E-state index contributed by atoms with van der Waals surface area (Å²) in [5, 5.41) is 4.82. The molecule has 5 heteroatoms. The third-order valence-corrected chi connectivity index (χ3v) is 2.81. The number of rotatable bonds is 2. The zero-order chi connectivity index (χ0) is 10.8. The fourth-order valence-electron chi connectivity index (χ4n) is 1.23. The van der Waals surface area contributed by atoms with Gasteiger partial charge in [-0.25, -0.2) is 0 Å². The van der Waals surface area contributed by atoms with Crippen molar-refractivity contribution in [3.63, 3.8) is 0 Å². The summed E-state index contributed by atoms with van der Waals surface area (Å²) >= 11 is 17.6. The van der Waals surface area contributed by atoms with Crippen molar-refractivity contribution in [2.45, 2.75) is 5.88 Å². The molecule has 1 heterocycles. The first-order chi connectivity index (χ1) is 7.22. The molecule has 2 aromatic rings. The van der Waals surface area contributed by atoms with Crippen LogP contribution in [0.25, 0.3) is 11.3 Å². The monoisotopic (exact) mass is 261 g/mol. The van der Waals surface area contributed by atoms with Crippen LogP contribution in [0.1, 0.15) is 5.69 Å². The Balaban J connectivity index is 2.53. The van der Waals surface area contributed by atoms with E-state index in [4.69, 9.17) is 39.3 Å². The molecule has 0 radical (unpaired) electrons. The molecule has 0 saturated heterocycles. The van der Waals surface area contributed by atoms with E-state index in [9.17, 15) is 0 Å². The predicted molar refractivity (Wildman–Crippen MR) is 61.5 cm³/mol. The number of benzene rings is 1. The Hall–Kier alpha value is -0.700. The molecule has 78 valence electrons. The summed E-state index contributed by atoms with van der Waals surface area (Å²) in [4.78, 5) is 0. The number of nitrogens with zero attached hydrogens (tertiary/aromatic N) is 1. The average molecular weight is 263 g/mol. The third kappa shape index (κ3) is 2.12. The fraction of sp³-hybridized carbons (Fsp3) is 0.100. The van der Waals surface area contributed by atoms with Crippen LogP contribution in [0.3, 0.4) is 0 Å². The minimum atomic E-state index is 0.297. The Morgan fingerprint density at radius 1 is 1.20 bits per heavy atom. The fourth-order valence-corrected chi connectivity index (χ4v) is 1.94. The number of alkyl halides is 1. The molecule has 0 bridgehead atoms. The van der Waals surface area contributed by atoms with Crippen molar-refractivity contribution in [2.24, 2.45) is 0 Å². The van der Waals surface area contributed by atoms with Crippen molar-refractivity contribution in [1.29, 1.82) is 0 Å². The first-order valence-corrected chi connectivity index (χ1v) is 5.47. The van der Waals surface area contributed by atoms with E-state index in [1.807, 2.05) is 0 Å². The highest BCUT2D eigenvalue weighted by molar-refractivity contribution is 6.39. The molecule has 0 saturated carbocycles. The Kier molecular flexibility index (Phi) is 3.19. The molecule has 0 N–H and O–H groups in total. The van der Waals surface area contributed by atoms with Gasteiger partial charge in [0.15, 0.2) is 5.76 Å². The molecule has 0 unspecified atom stereocenters.